The highest BCUT2D eigenvalue weighted by Crippen LogP contribution is 2.37. The average Bonchev–Trinajstić information content (AvgIpc) is 3.64. The van der Waals surface area contributed by atoms with Crippen molar-refractivity contribution >= 4 is 39.7 Å². The fraction of sp³-hybridized carbons (Fsp3) is 0.121. The summed E-state index contributed by atoms with van der Waals surface area (Å²) in [6.45, 7) is 0. The predicted molar refractivity (Wildman–Crippen MR) is 160 cm³/mol. The minimum Gasteiger partial charge on any atom is -0.481 e. The van der Waals surface area contributed by atoms with Crippen molar-refractivity contribution in [3.05, 3.63) is 132 Å². The Morgan fingerprint density at radius 1 is 0.651 bits per heavy atom. The van der Waals surface area contributed by atoms with Gasteiger partial charge < -0.3 is 25.3 Å². The summed E-state index contributed by atoms with van der Waals surface area (Å²) in [7, 11) is 0. The molecule has 216 valence electrons. The van der Waals surface area contributed by atoms with Crippen LogP contribution in [0.2, 0.25) is 0 Å². The van der Waals surface area contributed by atoms with Crippen LogP contribution in [0.5, 0.6) is 0 Å². The van der Waals surface area contributed by atoms with Gasteiger partial charge in [-0.1, -0.05) is 60.7 Å². The van der Waals surface area contributed by atoms with Gasteiger partial charge >= 0.3 is 17.9 Å². The normalized spacial score (nSPS) is 12.4. The minimum atomic E-state index is -1.59. The van der Waals surface area contributed by atoms with Crippen LogP contribution in [0.1, 0.15) is 40.5 Å². The summed E-state index contributed by atoms with van der Waals surface area (Å²) in [4.78, 5) is 48.8. The molecule has 0 saturated heterocycles. The van der Waals surface area contributed by atoms with Crippen LogP contribution in [0.3, 0.4) is 0 Å². The Morgan fingerprint density at radius 3 is 1.65 bits per heavy atom. The van der Waals surface area contributed by atoms with Crippen LogP contribution in [0, 0.1) is 5.92 Å². The van der Waals surface area contributed by atoms with Crippen LogP contribution in [-0.4, -0.2) is 53.2 Å². The maximum Gasteiger partial charge on any atom is 0.318 e. The number of nitrogens with one attached hydrogen (secondary N) is 2. The lowest BCUT2D eigenvalue weighted by atomic mass is 9.80. The number of carboxylic acids is 3. The molecule has 0 fully saturated rings. The van der Waals surface area contributed by atoms with Crippen molar-refractivity contribution in [2.45, 2.75) is 18.3 Å². The van der Waals surface area contributed by atoms with Gasteiger partial charge in [0, 0.05) is 70.8 Å². The van der Waals surface area contributed by atoms with Gasteiger partial charge in [0.15, 0.2) is 5.92 Å². The molecule has 0 aliphatic rings. The van der Waals surface area contributed by atoms with E-state index in [1.54, 1.807) is 67.4 Å². The fourth-order valence-electron chi connectivity index (χ4n) is 5.38. The zero-order chi connectivity index (χ0) is 30.3. The molecular weight excluding hydrogens is 548 g/mol. The molecule has 10 heteroatoms. The first-order valence-corrected chi connectivity index (χ1v) is 13.4. The second-order valence-corrected chi connectivity index (χ2v) is 9.93. The van der Waals surface area contributed by atoms with Crippen LogP contribution in [0.25, 0.3) is 21.8 Å². The first-order valence-electron chi connectivity index (χ1n) is 13.4. The zero-order valence-corrected chi connectivity index (χ0v) is 22.8. The van der Waals surface area contributed by atoms with E-state index in [1.807, 2.05) is 42.6 Å². The Labute approximate surface area is 245 Å². The number of aromatic nitrogens is 4. The van der Waals surface area contributed by atoms with Crippen LogP contribution in [0.4, 0.5) is 0 Å². The van der Waals surface area contributed by atoms with Crippen LogP contribution < -0.4 is 0 Å². The second kappa shape index (κ2) is 12.8. The fourth-order valence-corrected chi connectivity index (χ4v) is 5.38. The first-order chi connectivity index (χ1) is 20.8. The van der Waals surface area contributed by atoms with Gasteiger partial charge in [-0.15, -0.1) is 0 Å². The molecule has 0 spiro atoms. The molecule has 2 atom stereocenters. The number of benzene rings is 2. The van der Waals surface area contributed by atoms with E-state index >= 15 is 0 Å². The van der Waals surface area contributed by atoms with E-state index < -0.39 is 29.7 Å². The molecule has 2 aromatic carbocycles. The van der Waals surface area contributed by atoms with Gasteiger partial charge in [-0.25, -0.2) is 0 Å². The minimum absolute atomic E-state index is 0.0614. The number of rotatable bonds is 9. The number of carbonyl (C=O) groups is 3. The zero-order valence-electron chi connectivity index (χ0n) is 22.8. The maximum atomic E-state index is 11.6. The third-order valence-corrected chi connectivity index (χ3v) is 7.35. The summed E-state index contributed by atoms with van der Waals surface area (Å²) < 4.78 is 0. The molecule has 10 nitrogen and oxygen atoms in total. The van der Waals surface area contributed by atoms with Crippen molar-refractivity contribution in [2.75, 3.05) is 0 Å². The monoisotopic (exact) mass is 576 g/mol. The number of hydrogen-bond donors (Lipinski definition) is 5. The van der Waals surface area contributed by atoms with Crippen LogP contribution >= 0.6 is 0 Å². The SMILES string of the molecule is O=C(O)C(C(=O)O)C(c1ccccc1)c1c[nH]c2ccncc12.O=C(O)CC(c1ccccc1)c1c[nH]c2ccncc12. The number of fused-ring (bicyclic) bond motifs is 2. The molecule has 5 N–H and O–H groups in total. The summed E-state index contributed by atoms with van der Waals surface area (Å²) in [6, 6.07) is 22.1. The summed E-state index contributed by atoms with van der Waals surface area (Å²) in [5.74, 6) is -6.13. The largest absolute Gasteiger partial charge is 0.481 e. The molecule has 0 amide bonds. The molecule has 0 saturated carbocycles. The summed E-state index contributed by atoms with van der Waals surface area (Å²) in [5.41, 5.74) is 4.97. The standard InChI is InChI=1S/C17H14N2O4.C16H14N2O2/c20-16(21)15(17(22)23)14(10-4-2-1-3-5-10)12-9-19-13-6-7-18-8-11(12)13;19-16(20)8-12(11-4-2-1-3-5-11)13-10-18-15-6-7-17-9-14(13)15/h1-9,14-15,19H,(H,20,21)(H,22,23);1-7,9-10,12,18H,8H2,(H,19,20). The Balaban J connectivity index is 0.000000173. The summed E-state index contributed by atoms with van der Waals surface area (Å²) in [5, 5.41) is 29.8. The number of aromatic amines is 2. The number of hydrogen-bond acceptors (Lipinski definition) is 5. The van der Waals surface area contributed by atoms with Gasteiger partial charge in [0.05, 0.1) is 6.42 Å². The molecule has 0 aliphatic heterocycles. The van der Waals surface area contributed by atoms with Gasteiger partial charge in [-0.05, 0) is 34.4 Å². The molecule has 2 unspecified atom stereocenters. The van der Waals surface area contributed by atoms with Gasteiger partial charge in [0.1, 0.15) is 0 Å². The lowest BCUT2D eigenvalue weighted by molar-refractivity contribution is -0.155. The van der Waals surface area contributed by atoms with E-state index in [4.69, 9.17) is 0 Å². The molecule has 6 rings (SSSR count). The highest BCUT2D eigenvalue weighted by molar-refractivity contribution is 5.96. The Bertz CT molecular complexity index is 1850. The van der Waals surface area contributed by atoms with Gasteiger partial charge in [-0.2, -0.15) is 0 Å². The number of pyridine rings is 2. The lowest BCUT2D eigenvalue weighted by Gasteiger charge is -2.21. The van der Waals surface area contributed by atoms with Crippen molar-refractivity contribution in [1.82, 2.24) is 19.9 Å². The van der Waals surface area contributed by atoms with E-state index in [9.17, 15) is 29.7 Å². The molecule has 4 aromatic heterocycles. The van der Waals surface area contributed by atoms with Crippen molar-refractivity contribution in [2.24, 2.45) is 5.92 Å². The number of carboxylic acid groups (broad SMARTS) is 3. The van der Waals surface area contributed by atoms with E-state index in [0.29, 0.717) is 16.5 Å². The highest BCUT2D eigenvalue weighted by atomic mass is 16.4. The summed E-state index contributed by atoms with van der Waals surface area (Å²) >= 11 is 0. The highest BCUT2D eigenvalue weighted by Gasteiger charge is 2.38. The second-order valence-electron chi connectivity index (χ2n) is 9.93. The quantitative estimate of drug-likeness (QED) is 0.138. The molecule has 43 heavy (non-hydrogen) atoms. The van der Waals surface area contributed by atoms with E-state index in [-0.39, 0.29) is 12.3 Å². The average molecular weight is 577 g/mol. The van der Waals surface area contributed by atoms with Crippen molar-refractivity contribution in [3.8, 4) is 0 Å². The first kappa shape index (κ1) is 28.7. The Hall–Kier alpha value is -5.77. The smallest absolute Gasteiger partial charge is 0.318 e. The molecule has 6 aromatic rings. The molecule has 0 bridgehead atoms. The number of aliphatic carboxylic acids is 3. The van der Waals surface area contributed by atoms with Crippen molar-refractivity contribution < 1.29 is 29.7 Å². The van der Waals surface area contributed by atoms with Gasteiger partial charge in [0.25, 0.3) is 0 Å². The molecule has 0 aliphatic carbocycles. The lowest BCUT2D eigenvalue weighted by Crippen LogP contribution is -2.30. The van der Waals surface area contributed by atoms with E-state index in [2.05, 4.69) is 19.9 Å². The van der Waals surface area contributed by atoms with Crippen LogP contribution in [0.15, 0.2) is 110 Å². The maximum absolute atomic E-state index is 11.6. The van der Waals surface area contributed by atoms with E-state index in [1.165, 1.54) is 0 Å². The van der Waals surface area contributed by atoms with Crippen molar-refractivity contribution in [3.63, 3.8) is 0 Å². The topological polar surface area (TPSA) is 169 Å². The van der Waals surface area contributed by atoms with Crippen molar-refractivity contribution in [1.29, 1.82) is 0 Å². The number of nitrogens with zero attached hydrogens (tertiary/aromatic N) is 2. The Kier molecular flexibility index (Phi) is 8.57. The molecule has 4 heterocycles. The summed E-state index contributed by atoms with van der Waals surface area (Å²) in [6.07, 6.45) is 10.3. The van der Waals surface area contributed by atoms with E-state index in [0.717, 1.165) is 27.5 Å². The third-order valence-electron chi connectivity index (χ3n) is 7.35. The molecular formula is C33H28N4O6. The molecule has 0 radical (unpaired) electrons. The van der Waals surface area contributed by atoms with Crippen LogP contribution in [-0.2, 0) is 14.4 Å². The third kappa shape index (κ3) is 6.28. The predicted octanol–water partition coefficient (Wildman–Crippen LogP) is 5.65. The van der Waals surface area contributed by atoms with Gasteiger partial charge in [-0.3, -0.25) is 24.4 Å². The Morgan fingerprint density at radius 2 is 1.14 bits per heavy atom. The van der Waals surface area contributed by atoms with Gasteiger partial charge in [0.2, 0.25) is 0 Å². The number of H-pyrrole nitrogens is 2.